The first-order valence-corrected chi connectivity index (χ1v) is 9.68. The lowest BCUT2D eigenvalue weighted by Gasteiger charge is -2.37. The van der Waals surface area contributed by atoms with Gasteiger partial charge in [0.05, 0.1) is 8.07 Å². The lowest BCUT2D eigenvalue weighted by molar-refractivity contribution is 0.711. The molecule has 0 bridgehead atoms. The van der Waals surface area contributed by atoms with Crippen LogP contribution in [-0.4, -0.2) is 8.07 Å². The molecule has 0 spiro atoms. The molecule has 0 N–H and O–H groups in total. The summed E-state index contributed by atoms with van der Waals surface area (Å²) < 4.78 is 0. The summed E-state index contributed by atoms with van der Waals surface area (Å²) in [6.07, 6.45) is 3.12. The topological polar surface area (TPSA) is 0 Å². The molecule has 1 rings (SSSR count). The molecule has 0 nitrogen and oxygen atoms in total. The van der Waals surface area contributed by atoms with Gasteiger partial charge in [0.2, 0.25) is 0 Å². The van der Waals surface area contributed by atoms with Gasteiger partial charge in [0, 0.05) is 0 Å². The third kappa shape index (κ3) is 3.85. The van der Waals surface area contributed by atoms with Crippen LogP contribution in [0.15, 0.2) is 30.8 Å². The van der Waals surface area contributed by atoms with E-state index in [4.69, 9.17) is 0 Å². The van der Waals surface area contributed by atoms with E-state index in [-0.39, 0.29) is 0 Å². The molecule has 0 heterocycles. The Morgan fingerprint density at radius 1 is 1.12 bits per heavy atom. The van der Waals surface area contributed by atoms with Gasteiger partial charge >= 0.3 is 0 Å². The number of benzene rings is 1. The summed E-state index contributed by atoms with van der Waals surface area (Å²) in [6, 6.07) is 10.2. The van der Waals surface area contributed by atoms with E-state index in [0.29, 0.717) is 5.04 Å². The molecule has 17 heavy (non-hydrogen) atoms. The maximum Gasteiger partial charge on any atom is 0.0530 e. The van der Waals surface area contributed by atoms with Crippen LogP contribution in [-0.2, 0) is 6.42 Å². The fourth-order valence-electron chi connectivity index (χ4n) is 1.65. The van der Waals surface area contributed by atoms with Crippen LogP contribution in [0.2, 0.25) is 24.2 Å². The van der Waals surface area contributed by atoms with Crippen molar-refractivity contribution in [2.45, 2.75) is 51.4 Å². The first kappa shape index (κ1) is 14.2. The molecule has 94 valence electrons. The van der Waals surface area contributed by atoms with Crippen molar-refractivity contribution in [2.75, 3.05) is 0 Å². The van der Waals surface area contributed by atoms with E-state index >= 15 is 0 Å². The summed E-state index contributed by atoms with van der Waals surface area (Å²) in [5, 5.41) is 0.494. The summed E-state index contributed by atoms with van der Waals surface area (Å²) in [7, 11) is -1.13. The third-order valence-corrected chi connectivity index (χ3v) is 9.85. The van der Waals surface area contributed by atoms with Crippen LogP contribution in [0.1, 0.15) is 31.9 Å². The molecular formula is C16H26Si. The highest BCUT2D eigenvalue weighted by atomic mass is 28.3. The second-order valence-corrected chi connectivity index (χ2v) is 12.3. The van der Waals surface area contributed by atoms with Gasteiger partial charge in [0.25, 0.3) is 0 Å². The summed E-state index contributed by atoms with van der Waals surface area (Å²) in [6.45, 7) is 16.0. The predicted octanol–water partition coefficient (Wildman–Crippen LogP) is 5.38. The first-order valence-electron chi connectivity index (χ1n) is 6.48. The van der Waals surface area contributed by atoms with Gasteiger partial charge in [-0.2, -0.15) is 0 Å². The Morgan fingerprint density at radius 2 is 1.65 bits per heavy atom. The molecule has 0 saturated carbocycles. The van der Waals surface area contributed by atoms with Crippen LogP contribution in [0, 0.1) is 0 Å². The van der Waals surface area contributed by atoms with Gasteiger partial charge in [-0.15, -0.1) is 0 Å². The molecule has 0 fully saturated rings. The van der Waals surface area contributed by atoms with Crippen LogP contribution < -0.4 is 0 Å². The predicted molar refractivity (Wildman–Crippen MR) is 82.2 cm³/mol. The Balaban J connectivity index is 2.64. The Morgan fingerprint density at radius 3 is 2.06 bits per heavy atom. The third-order valence-electron chi connectivity index (χ3n) is 4.28. The molecule has 0 aliphatic heterocycles. The molecular weight excluding hydrogens is 220 g/mol. The van der Waals surface area contributed by atoms with Gasteiger partial charge in [-0.3, -0.25) is 0 Å². The van der Waals surface area contributed by atoms with E-state index in [1.165, 1.54) is 23.6 Å². The zero-order valence-corrected chi connectivity index (χ0v) is 13.0. The minimum Gasteiger partial charge on any atom is -0.0985 e. The van der Waals surface area contributed by atoms with E-state index in [9.17, 15) is 0 Å². The second-order valence-electron chi connectivity index (χ2n) is 6.58. The lowest BCUT2D eigenvalue weighted by atomic mass is 10.1. The Kier molecular flexibility index (Phi) is 4.37. The van der Waals surface area contributed by atoms with Gasteiger partial charge in [-0.25, -0.2) is 0 Å². The SMILES string of the molecule is C=Cc1ccc(CC[Si](C)(C)C(C)(C)C)cc1. The lowest BCUT2D eigenvalue weighted by Crippen LogP contribution is -2.37. The number of hydrogen-bond donors (Lipinski definition) is 0. The van der Waals surface area contributed by atoms with Crippen molar-refractivity contribution in [3.63, 3.8) is 0 Å². The first-order chi connectivity index (χ1) is 7.76. The molecule has 0 unspecified atom stereocenters. The quantitative estimate of drug-likeness (QED) is 0.626. The van der Waals surface area contributed by atoms with Crippen molar-refractivity contribution in [3.8, 4) is 0 Å². The molecule has 1 aromatic rings. The van der Waals surface area contributed by atoms with Crippen molar-refractivity contribution in [3.05, 3.63) is 42.0 Å². The molecule has 0 aromatic heterocycles. The fraction of sp³-hybridized carbons (Fsp3) is 0.500. The van der Waals surface area contributed by atoms with Gasteiger partial charge < -0.3 is 0 Å². The van der Waals surface area contributed by atoms with E-state index in [0.717, 1.165) is 0 Å². The summed E-state index contributed by atoms with van der Waals surface area (Å²) in [5.41, 5.74) is 2.67. The molecule has 0 amide bonds. The molecule has 0 saturated heterocycles. The number of rotatable bonds is 4. The minimum atomic E-state index is -1.13. The Bertz CT molecular complexity index is 366. The standard InChI is InChI=1S/C16H26Si/c1-7-14-8-10-15(11-9-14)12-13-17(5,6)16(2,3)4/h7-11H,1,12-13H2,2-6H3. The maximum absolute atomic E-state index is 3.78. The smallest absolute Gasteiger partial charge is 0.0530 e. The molecule has 0 atom stereocenters. The Labute approximate surface area is 108 Å². The second kappa shape index (κ2) is 5.22. The van der Waals surface area contributed by atoms with Crippen molar-refractivity contribution >= 4 is 14.1 Å². The highest BCUT2D eigenvalue weighted by Gasteiger charge is 2.34. The zero-order valence-electron chi connectivity index (χ0n) is 12.0. The van der Waals surface area contributed by atoms with Gasteiger partial charge in [0.15, 0.2) is 0 Å². The van der Waals surface area contributed by atoms with Gasteiger partial charge in [-0.1, -0.05) is 76.8 Å². The van der Waals surface area contributed by atoms with Gasteiger partial charge in [0.1, 0.15) is 0 Å². The maximum atomic E-state index is 3.78. The molecule has 0 aliphatic rings. The fourth-order valence-corrected chi connectivity index (χ4v) is 3.32. The van der Waals surface area contributed by atoms with Crippen molar-refractivity contribution in [1.29, 1.82) is 0 Å². The van der Waals surface area contributed by atoms with Crippen LogP contribution >= 0.6 is 0 Å². The Hall–Kier alpha value is -0.823. The van der Waals surface area contributed by atoms with Crippen molar-refractivity contribution in [2.24, 2.45) is 0 Å². The molecule has 1 heteroatoms. The highest BCUT2D eigenvalue weighted by molar-refractivity contribution is 6.80. The van der Waals surface area contributed by atoms with E-state index < -0.39 is 8.07 Å². The minimum absolute atomic E-state index is 0.494. The largest absolute Gasteiger partial charge is 0.0985 e. The van der Waals surface area contributed by atoms with Crippen molar-refractivity contribution < 1.29 is 0 Å². The number of hydrogen-bond acceptors (Lipinski definition) is 0. The van der Waals surface area contributed by atoms with Crippen LogP contribution in [0.5, 0.6) is 0 Å². The monoisotopic (exact) mass is 246 g/mol. The molecule has 0 aliphatic carbocycles. The van der Waals surface area contributed by atoms with E-state index in [1.807, 2.05) is 6.08 Å². The number of aryl methyl sites for hydroxylation is 1. The summed E-state index contributed by atoms with van der Waals surface area (Å²) in [4.78, 5) is 0. The normalized spacial score (nSPS) is 12.5. The van der Waals surface area contributed by atoms with Crippen LogP contribution in [0.25, 0.3) is 6.08 Å². The highest BCUT2D eigenvalue weighted by Crippen LogP contribution is 2.39. The summed E-state index contributed by atoms with van der Waals surface area (Å²) in [5.74, 6) is 0. The average molecular weight is 246 g/mol. The van der Waals surface area contributed by atoms with E-state index in [1.54, 1.807) is 0 Å². The van der Waals surface area contributed by atoms with Crippen LogP contribution in [0.4, 0.5) is 0 Å². The van der Waals surface area contributed by atoms with Crippen molar-refractivity contribution in [1.82, 2.24) is 0 Å². The van der Waals surface area contributed by atoms with E-state index in [2.05, 4.69) is 64.7 Å². The molecule has 0 radical (unpaired) electrons. The van der Waals surface area contributed by atoms with Crippen LogP contribution in [0.3, 0.4) is 0 Å². The average Bonchev–Trinajstić information content (AvgIpc) is 2.25. The molecule has 1 aromatic carbocycles. The van der Waals surface area contributed by atoms with Gasteiger partial charge in [-0.05, 0) is 22.6 Å². The zero-order chi connectivity index (χ0) is 13.1. The summed E-state index contributed by atoms with van der Waals surface area (Å²) >= 11 is 0.